The molecule has 2 aromatic rings. The van der Waals surface area contributed by atoms with Crippen molar-refractivity contribution in [3.63, 3.8) is 0 Å². The molecule has 0 spiro atoms. The van der Waals surface area contributed by atoms with Gasteiger partial charge < -0.3 is 5.32 Å². The summed E-state index contributed by atoms with van der Waals surface area (Å²) in [6, 6.07) is 10.4. The molecule has 0 radical (unpaired) electrons. The minimum Gasteiger partial charge on any atom is -0.315 e. The Morgan fingerprint density at radius 3 is 2.75 bits per heavy atom. The maximum Gasteiger partial charge on any atom is 0.209 e. The minimum atomic E-state index is 0.814. The molecule has 1 N–H and O–H groups in total. The van der Waals surface area contributed by atoms with Gasteiger partial charge in [-0.15, -0.1) is 16.9 Å². The average molecular weight is 309 g/mol. The fourth-order valence-corrected chi connectivity index (χ4v) is 3.42. The zero-order valence-electron chi connectivity index (χ0n) is 11.5. The van der Waals surface area contributed by atoms with E-state index in [2.05, 4.69) is 52.0 Å². The first-order valence-corrected chi connectivity index (χ1v) is 8.65. The molecule has 5 nitrogen and oxygen atoms in total. The Labute approximate surface area is 127 Å². The van der Waals surface area contributed by atoms with Crippen molar-refractivity contribution in [2.45, 2.75) is 23.5 Å². The summed E-state index contributed by atoms with van der Waals surface area (Å²) in [5, 5.41) is 16.0. The number of likely N-dealkylation sites (N-methyl/N-ethyl adjacent to an activating group) is 1. The van der Waals surface area contributed by atoms with E-state index >= 15 is 0 Å². The summed E-state index contributed by atoms with van der Waals surface area (Å²) in [7, 11) is 0. The first kappa shape index (κ1) is 15.3. The van der Waals surface area contributed by atoms with Crippen LogP contribution in [0.1, 0.15) is 6.92 Å². The number of rotatable bonds is 9. The minimum absolute atomic E-state index is 0.814. The van der Waals surface area contributed by atoms with Crippen molar-refractivity contribution < 1.29 is 0 Å². The predicted molar refractivity (Wildman–Crippen MR) is 84.3 cm³/mol. The molecule has 0 atom stereocenters. The van der Waals surface area contributed by atoms with Gasteiger partial charge in [-0.05, 0) is 29.1 Å². The van der Waals surface area contributed by atoms with E-state index in [1.165, 1.54) is 4.90 Å². The molecule has 0 unspecified atom stereocenters. The number of hydrogen-bond acceptors (Lipinski definition) is 6. The van der Waals surface area contributed by atoms with Gasteiger partial charge in [0, 0.05) is 22.9 Å². The lowest BCUT2D eigenvalue weighted by molar-refractivity contribution is 0.518. The number of nitrogens with one attached hydrogen (secondary N) is 1. The van der Waals surface area contributed by atoms with Crippen LogP contribution in [0.5, 0.6) is 0 Å². The molecular weight excluding hydrogens is 290 g/mol. The Morgan fingerprint density at radius 1 is 1.15 bits per heavy atom. The van der Waals surface area contributed by atoms with Gasteiger partial charge in [0.05, 0.1) is 6.54 Å². The second-order valence-corrected chi connectivity index (χ2v) is 6.28. The molecule has 0 bridgehead atoms. The van der Waals surface area contributed by atoms with Crippen molar-refractivity contribution in [3.05, 3.63) is 30.3 Å². The monoisotopic (exact) mass is 309 g/mol. The number of thioether (sulfide) groups is 2. The summed E-state index contributed by atoms with van der Waals surface area (Å²) in [6.07, 6.45) is 0. The highest BCUT2D eigenvalue weighted by Crippen LogP contribution is 2.21. The summed E-state index contributed by atoms with van der Waals surface area (Å²) in [5.41, 5.74) is 0. The zero-order valence-corrected chi connectivity index (χ0v) is 13.2. The van der Waals surface area contributed by atoms with Crippen molar-refractivity contribution in [1.29, 1.82) is 0 Å². The van der Waals surface area contributed by atoms with E-state index in [-0.39, 0.29) is 0 Å². The Balaban J connectivity index is 1.70. The van der Waals surface area contributed by atoms with Gasteiger partial charge in [-0.25, -0.2) is 4.68 Å². The molecule has 0 aliphatic rings. The molecule has 0 amide bonds. The highest BCUT2D eigenvalue weighted by atomic mass is 32.2. The number of aromatic nitrogens is 4. The fraction of sp³-hybridized carbons (Fsp3) is 0.462. The summed E-state index contributed by atoms with van der Waals surface area (Å²) in [4.78, 5) is 1.31. The molecule has 1 heterocycles. The van der Waals surface area contributed by atoms with Crippen LogP contribution < -0.4 is 5.32 Å². The fourth-order valence-electron chi connectivity index (χ4n) is 1.61. The lowest BCUT2D eigenvalue weighted by Gasteiger charge is -2.04. The Morgan fingerprint density at radius 2 is 1.95 bits per heavy atom. The predicted octanol–water partition coefficient (Wildman–Crippen LogP) is 2.17. The van der Waals surface area contributed by atoms with Crippen molar-refractivity contribution >= 4 is 23.5 Å². The van der Waals surface area contributed by atoms with E-state index in [1.54, 1.807) is 11.8 Å². The summed E-state index contributed by atoms with van der Waals surface area (Å²) in [6.45, 7) is 4.78. The normalized spacial score (nSPS) is 10.8. The number of nitrogens with zero attached hydrogens (tertiary/aromatic N) is 4. The topological polar surface area (TPSA) is 55.6 Å². The van der Waals surface area contributed by atoms with Crippen LogP contribution in [0.2, 0.25) is 0 Å². The van der Waals surface area contributed by atoms with Gasteiger partial charge in [0.25, 0.3) is 0 Å². The maximum absolute atomic E-state index is 4.07. The molecule has 0 fully saturated rings. The third kappa shape index (κ3) is 5.15. The second-order valence-electron chi connectivity index (χ2n) is 4.05. The first-order chi connectivity index (χ1) is 9.90. The van der Waals surface area contributed by atoms with Crippen molar-refractivity contribution in [2.75, 3.05) is 24.6 Å². The van der Waals surface area contributed by atoms with E-state index in [9.17, 15) is 0 Å². The molecule has 1 aromatic carbocycles. The average Bonchev–Trinajstić information content (AvgIpc) is 2.93. The van der Waals surface area contributed by atoms with Crippen LogP contribution in [0.25, 0.3) is 0 Å². The quantitative estimate of drug-likeness (QED) is 0.566. The third-order valence-electron chi connectivity index (χ3n) is 2.58. The van der Waals surface area contributed by atoms with E-state index in [0.29, 0.717) is 0 Å². The van der Waals surface area contributed by atoms with Gasteiger partial charge >= 0.3 is 0 Å². The summed E-state index contributed by atoms with van der Waals surface area (Å²) >= 11 is 3.57. The SMILES string of the molecule is CCNCCn1nnnc1SCCSc1ccccc1. The zero-order chi connectivity index (χ0) is 14.0. The van der Waals surface area contributed by atoms with Crippen molar-refractivity contribution in [1.82, 2.24) is 25.5 Å². The second kappa shape index (κ2) is 8.99. The highest BCUT2D eigenvalue weighted by molar-refractivity contribution is 8.02. The van der Waals surface area contributed by atoms with E-state index < -0.39 is 0 Å². The third-order valence-corrected chi connectivity index (χ3v) is 4.81. The van der Waals surface area contributed by atoms with Crippen molar-refractivity contribution in [2.24, 2.45) is 0 Å². The van der Waals surface area contributed by atoms with Gasteiger partial charge in [-0.3, -0.25) is 0 Å². The Kier molecular flexibility index (Phi) is 6.90. The summed E-state index contributed by atoms with van der Waals surface area (Å²) < 4.78 is 1.86. The van der Waals surface area contributed by atoms with E-state index in [4.69, 9.17) is 0 Å². The van der Waals surface area contributed by atoms with Crippen LogP contribution >= 0.6 is 23.5 Å². The van der Waals surface area contributed by atoms with E-state index in [0.717, 1.165) is 36.3 Å². The molecule has 1 aromatic heterocycles. The van der Waals surface area contributed by atoms with Crippen LogP contribution in [0.4, 0.5) is 0 Å². The number of hydrogen-bond donors (Lipinski definition) is 1. The van der Waals surface area contributed by atoms with Crippen LogP contribution in [-0.2, 0) is 6.54 Å². The van der Waals surface area contributed by atoms with Crippen LogP contribution in [-0.4, -0.2) is 44.8 Å². The molecule has 0 saturated heterocycles. The Hall–Kier alpha value is -1.05. The van der Waals surface area contributed by atoms with Gasteiger partial charge in [0.2, 0.25) is 5.16 Å². The standard InChI is InChI=1S/C13H19N5S2/c1-2-14-8-9-18-13(15-16-17-18)20-11-10-19-12-6-4-3-5-7-12/h3-7,14H,2,8-11H2,1H3. The molecule has 2 rings (SSSR count). The van der Waals surface area contributed by atoms with Crippen LogP contribution in [0.15, 0.2) is 40.4 Å². The van der Waals surface area contributed by atoms with Crippen LogP contribution in [0.3, 0.4) is 0 Å². The lowest BCUT2D eigenvalue weighted by atomic mass is 10.4. The van der Waals surface area contributed by atoms with Gasteiger partial charge in [0.1, 0.15) is 0 Å². The molecule has 20 heavy (non-hydrogen) atoms. The van der Waals surface area contributed by atoms with E-state index in [1.807, 2.05) is 22.5 Å². The molecule has 0 saturated carbocycles. The van der Waals surface area contributed by atoms with Crippen molar-refractivity contribution in [3.8, 4) is 0 Å². The van der Waals surface area contributed by atoms with Gasteiger partial charge in [-0.2, -0.15) is 0 Å². The molecular formula is C13H19N5S2. The van der Waals surface area contributed by atoms with Crippen LogP contribution in [0, 0.1) is 0 Å². The molecule has 0 aliphatic carbocycles. The first-order valence-electron chi connectivity index (χ1n) is 6.67. The smallest absolute Gasteiger partial charge is 0.209 e. The molecule has 108 valence electrons. The Bertz CT molecular complexity index is 489. The number of benzene rings is 1. The van der Waals surface area contributed by atoms with Gasteiger partial charge in [0.15, 0.2) is 0 Å². The van der Waals surface area contributed by atoms with Gasteiger partial charge in [-0.1, -0.05) is 36.9 Å². The largest absolute Gasteiger partial charge is 0.315 e. The lowest BCUT2D eigenvalue weighted by Crippen LogP contribution is -2.20. The highest BCUT2D eigenvalue weighted by Gasteiger charge is 2.06. The number of tetrazole rings is 1. The maximum atomic E-state index is 4.07. The molecule has 7 heteroatoms. The molecule has 0 aliphatic heterocycles. The summed E-state index contributed by atoms with van der Waals surface area (Å²) in [5.74, 6) is 2.05.